The quantitative estimate of drug-likeness (QED) is 0.424. The molecule has 4 N–H and O–H groups in total. The van der Waals surface area contributed by atoms with Crippen molar-refractivity contribution in [2.24, 2.45) is 5.92 Å². The monoisotopic (exact) mass is 426 g/mol. The molecule has 0 unspecified atom stereocenters. The number of rotatable bonds is 8. The van der Waals surface area contributed by atoms with Gasteiger partial charge in [0.1, 0.15) is 11.5 Å². The second-order valence-corrected chi connectivity index (χ2v) is 8.16. The van der Waals surface area contributed by atoms with E-state index in [1.54, 1.807) is 30.5 Å². The van der Waals surface area contributed by atoms with Crippen molar-refractivity contribution in [1.82, 2.24) is 15.3 Å². The molecule has 0 aliphatic heterocycles. The van der Waals surface area contributed by atoms with Crippen molar-refractivity contribution in [2.45, 2.75) is 26.8 Å². The van der Waals surface area contributed by atoms with E-state index in [1.807, 2.05) is 25.3 Å². The Balaban J connectivity index is 1.77. The van der Waals surface area contributed by atoms with Crippen LogP contribution < -0.4 is 10.6 Å². The number of anilines is 1. The molecule has 2 heterocycles. The lowest BCUT2D eigenvalue weighted by molar-refractivity contribution is 0.0912. The van der Waals surface area contributed by atoms with Crippen LogP contribution in [0.25, 0.3) is 11.1 Å². The molecule has 0 spiro atoms. The Morgan fingerprint density at radius 1 is 1.27 bits per heavy atom. The van der Waals surface area contributed by atoms with Gasteiger partial charge < -0.3 is 20.7 Å². The molecule has 6 nitrogen and oxygen atoms in total. The zero-order valence-corrected chi connectivity index (χ0v) is 18.1. The molecule has 30 heavy (non-hydrogen) atoms. The Kier molecular flexibility index (Phi) is 7.13. The number of benzene rings is 1. The molecule has 1 amide bonds. The molecule has 3 aromatic rings. The summed E-state index contributed by atoms with van der Waals surface area (Å²) >= 11 is 6.03. The van der Waals surface area contributed by atoms with Gasteiger partial charge in [0, 0.05) is 29.5 Å². The van der Waals surface area contributed by atoms with Crippen LogP contribution in [-0.2, 0) is 0 Å². The van der Waals surface area contributed by atoms with Gasteiger partial charge in [-0.15, -0.1) is 0 Å². The van der Waals surface area contributed by atoms with Gasteiger partial charge >= 0.3 is 0 Å². The van der Waals surface area contributed by atoms with Crippen molar-refractivity contribution >= 4 is 23.3 Å². The molecule has 0 aliphatic rings. The summed E-state index contributed by atoms with van der Waals surface area (Å²) in [7, 11) is 0. The molecule has 158 valence electrons. The molecule has 1 aromatic carbocycles. The standard InChI is InChI=1S/C23H27ClN4O2/c1-14(2)10-26-22-9-19(15(3)11-27-22)17-8-20(25-12-17)23(30)28-21(13-29)16-5-4-6-18(24)7-16/h4-9,11-12,14,21,25,29H,10,13H2,1-3H3,(H,26,27)(H,28,30)/t21-/m1/s1. The van der Waals surface area contributed by atoms with E-state index >= 15 is 0 Å². The van der Waals surface area contributed by atoms with Gasteiger partial charge in [0.05, 0.1) is 12.6 Å². The Bertz CT molecular complexity index is 1020. The highest BCUT2D eigenvalue weighted by Gasteiger charge is 2.17. The fraction of sp³-hybridized carbons (Fsp3) is 0.304. The van der Waals surface area contributed by atoms with Gasteiger partial charge in [-0.2, -0.15) is 0 Å². The van der Waals surface area contributed by atoms with Gasteiger partial charge in [0.2, 0.25) is 0 Å². The molecule has 0 saturated heterocycles. The number of aryl methyl sites for hydroxylation is 1. The summed E-state index contributed by atoms with van der Waals surface area (Å²) in [6.07, 6.45) is 3.63. The second kappa shape index (κ2) is 9.78. The van der Waals surface area contributed by atoms with Gasteiger partial charge in [0.25, 0.3) is 5.91 Å². The summed E-state index contributed by atoms with van der Waals surface area (Å²) in [4.78, 5) is 20.2. The number of nitrogens with zero attached hydrogens (tertiary/aromatic N) is 1. The lowest BCUT2D eigenvalue weighted by Crippen LogP contribution is -2.31. The van der Waals surface area contributed by atoms with Gasteiger partial charge in [-0.25, -0.2) is 4.98 Å². The van der Waals surface area contributed by atoms with Crippen LogP contribution in [0.1, 0.15) is 41.5 Å². The summed E-state index contributed by atoms with van der Waals surface area (Å²) in [6.45, 7) is 6.88. The van der Waals surface area contributed by atoms with Gasteiger partial charge in [-0.1, -0.05) is 37.6 Å². The van der Waals surface area contributed by atoms with Gasteiger partial charge in [-0.3, -0.25) is 4.79 Å². The molecule has 0 saturated carbocycles. The molecule has 0 bridgehead atoms. The summed E-state index contributed by atoms with van der Waals surface area (Å²) in [5.74, 6) is 1.01. The number of H-pyrrole nitrogens is 1. The van der Waals surface area contributed by atoms with E-state index in [9.17, 15) is 9.90 Å². The third kappa shape index (κ3) is 5.40. The first kappa shape index (κ1) is 21.9. The van der Waals surface area contributed by atoms with Crippen LogP contribution in [0, 0.1) is 12.8 Å². The Labute approximate surface area is 181 Å². The zero-order valence-electron chi connectivity index (χ0n) is 17.4. The van der Waals surface area contributed by atoms with E-state index in [0.717, 1.165) is 34.6 Å². The molecule has 1 atom stereocenters. The van der Waals surface area contributed by atoms with Crippen LogP contribution >= 0.6 is 11.6 Å². The first-order valence-electron chi connectivity index (χ1n) is 9.94. The number of nitrogens with one attached hydrogen (secondary N) is 3. The maximum atomic E-state index is 12.7. The number of carbonyl (C=O) groups excluding carboxylic acids is 1. The molecule has 0 aliphatic carbocycles. The highest BCUT2D eigenvalue weighted by atomic mass is 35.5. The smallest absolute Gasteiger partial charge is 0.268 e. The van der Waals surface area contributed by atoms with Crippen LogP contribution in [0.15, 0.2) is 48.8 Å². The normalized spacial score (nSPS) is 12.1. The minimum Gasteiger partial charge on any atom is -0.394 e. The maximum Gasteiger partial charge on any atom is 0.268 e. The lowest BCUT2D eigenvalue weighted by atomic mass is 10.0. The molecule has 7 heteroatoms. The number of hydrogen-bond acceptors (Lipinski definition) is 4. The maximum absolute atomic E-state index is 12.7. The molecular weight excluding hydrogens is 400 g/mol. The largest absolute Gasteiger partial charge is 0.394 e. The lowest BCUT2D eigenvalue weighted by Gasteiger charge is -2.16. The third-order valence-electron chi connectivity index (χ3n) is 4.77. The van der Waals surface area contributed by atoms with Crippen molar-refractivity contribution in [2.75, 3.05) is 18.5 Å². The zero-order chi connectivity index (χ0) is 21.7. The number of aliphatic hydroxyl groups excluding tert-OH is 1. The summed E-state index contributed by atoms with van der Waals surface area (Å²) in [6, 6.07) is 10.3. The number of hydrogen-bond donors (Lipinski definition) is 4. The highest BCUT2D eigenvalue weighted by Crippen LogP contribution is 2.26. The average Bonchev–Trinajstić information content (AvgIpc) is 3.21. The van der Waals surface area contributed by atoms with Crippen molar-refractivity contribution in [1.29, 1.82) is 0 Å². The average molecular weight is 427 g/mol. The van der Waals surface area contributed by atoms with Crippen LogP contribution in [0.5, 0.6) is 0 Å². The van der Waals surface area contributed by atoms with Crippen molar-refractivity contribution in [3.63, 3.8) is 0 Å². The summed E-state index contributed by atoms with van der Waals surface area (Å²) in [5.41, 5.74) is 4.08. The number of aliphatic hydroxyl groups is 1. The van der Waals surface area contributed by atoms with Crippen LogP contribution in [-0.4, -0.2) is 34.1 Å². The molecule has 0 fully saturated rings. The van der Waals surface area contributed by atoms with Crippen molar-refractivity contribution in [3.05, 3.63) is 70.6 Å². The van der Waals surface area contributed by atoms with Crippen molar-refractivity contribution in [3.8, 4) is 11.1 Å². The second-order valence-electron chi connectivity index (χ2n) is 7.72. The first-order chi connectivity index (χ1) is 14.4. The minimum absolute atomic E-state index is 0.228. The first-order valence-corrected chi connectivity index (χ1v) is 10.3. The van der Waals surface area contributed by atoms with E-state index in [0.29, 0.717) is 16.6 Å². The minimum atomic E-state index is -0.544. The fourth-order valence-corrected chi connectivity index (χ4v) is 3.31. The van der Waals surface area contributed by atoms with E-state index in [1.165, 1.54) is 0 Å². The number of halogens is 1. The van der Waals surface area contributed by atoms with Gasteiger partial charge in [0.15, 0.2) is 0 Å². The highest BCUT2D eigenvalue weighted by molar-refractivity contribution is 6.30. The number of amides is 1. The number of pyridine rings is 1. The Morgan fingerprint density at radius 3 is 2.77 bits per heavy atom. The molecule has 3 rings (SSSR count). The molecule has 2 aromatic heterocycles. The Morgan fingerprint density at radius 2 is 2.07 bits per heavy atom. The van der Waals surface area contributed by atoms with E-state index in [4.69, 9.17) is 11.6 Å². The Hall–Kier alpha value is -2.83. The number of carbonyl (C=O) groups is 1. The van der Waals surface area contributed by atoms with Gasteiger partial charge in [-0.05, 0) is 53.8 Å². The van der Waals surface area contributed by atoms with Crippen LogP contribution in [0.2, 0.25) is 5.02 Å². The summed E-state index contributed by atoms with van der Waals surface area (Å²) < 4.78 is 0. The number of aromatic amines is 1. The SMILES string of the molecule is Cc1cnc(NCC(C)C)cc1-c1c[nH]c(C(=O)N[C@H](CO)c2cccc(Cl)c2)c1. The van der Waals surface area contributed by atoms with Crippen molar-refractivity contribution < 1.29 is 9.90 Å². The summed E-state index contributed by atoms with van der Waals surface area (Å²) in [5, 5.41) is 16.5. The fourth-order valence-electron chi connectivity index (χ4n) is 3.11. The van der Waals surface area contributed by atoms with Crippen LogP contribution in [0.3, 0.4) is 0 Å². The topological polar surface area (TPSA) is 90.0 Å². The third-order valence-corrected chi connectivity index (χ3v) is 5.01. The molecular formula is C23H27ClN4O2. The van der Waals surface area contributed by atoms with E-state index in [2.05, 4.69) is 34.4 Å². The predicted octanol–water partition coefficient (Wildman–Crippen LogP) is 4.57. The molecule has 0 radical (unpaired) electrons. The predicted molar refractivity (Wildman–Crippen MR) is 121 cm³/mol. The van der Waals surface area contributed by atoms with E-state index in [-0.39, 0.29) is 12.5 Å². The van der Waals surface area contributed by atoms with Crippen LogP contribution in [0.4, 0.5) is 5.82 Å². The van der Waals surface area contributed by atoms with E-state index < -0.39 is 6.04 Å². The number of aromatic nitrogens is 2.